The van der Waals surface area contributed by atoms with Crippen molar-refractivity contribution < 1.29 is 4.21 Å². The number of nitrogens with one attached hydrogen (secondary N) is 1. The second-order valence-electron chi connectivity index (χ2n) is 5.14. The van der Waals surface area contributed by atoms with Gasteiger partial charge in [0.25, 0.3) is 0 Å². The van der Waals surface area contributed by atoms with Crippen LogP contribution in [-0.4, -0.2) is 31.8 Å². The Hall–Kier alpha value is -0.840. The number of aromatic nitrogens is 2. The monoisotopic (exact) mass is 269 g/mol. The van der Waals surface area contributed by atoms with E-state index in [1.54, 1.807) is 6.26 Å². The summed E-state index contributed by atoms with van der Waals surface area (Å²) in [6.45, 7) is 2.71. The first-order valence-electron chi connectivity index (χ1n) is 6.77. The summed E-state index contributed by atoms with van der Waals surface area (Å²) in [5, 5.41) is 3.48. The molecule has 5 heteroatoms. The minimum atomic E-state index is -0.783. The van der Waals surface area contributed by atoms with Gasteiger partial charge in [-0.25, -0.2) is 4.98 Å². The minimum absolute atomic E-state index is 0.154. The zero-order valence-electron chi connectivity index (χ0n) is 11.3. The molecule has 2 unspecified atom stereocenters. The zero-order chi connectivity index (χ0) is 13.0. The lowest BCUT2D eigenvalue weighted by molar-refractivity contribution is 0.356. The molecule has 1 saturated carbocycles. The lowest BCUT2D eigenvalue weighted by atomic mass is 9.95. The summed E-state index contributed by atoms with van der Waals surface area (Å²) < 4.78 is 13.6. The SMILES string of the molecule is CC(CNc1nccn1C1CCCCC1)S(C)=O. The van der Waals surface area contributed by atoms with Crippen LogP contribution in [0.3, 0.4) is 0 Å². The molecule has 102 valence electrons. The highest BCUT2D eigenvalue weighted by Crippen LogP contribution is 2.30. The standard InChI is InChI=1S/C13H23N3OS/c1-11(18(2)17)10-15-13-14-8-9-16(13)12-6-4-3-5-7-12/h8-9,11-12H,3-7,10H2,1-2H3,(H,14,15). The smallest absolute Gasteiger partial charge is 0.203 e. The van der Waals surface area contributed by atoms with E-state index in [0.29, 0.717) is 12.6 Å². The van der Waals surface area contributed by atoms with Gasteiger partial charge in [-0.15, -0.1) is 0 Å². The molecule has 2 rings (SSSR count). The number of hydrogen-bond acceptors (Lipinski definition) is 3. The van der Waals surface area contributed by atoms with Crippen molar-refractivity contribution in [3.8, 4) is 0 Å². The third-order valence-corrected chi connectivity index (χ3v) is 5.05. The minimum Gasteiger partial charge on any atom is -0.354 e. The maximum absolute atomic E-state index is 11.3. The van der Waals surface area contributed by atoms with Gasteiger partial charge in [0.1, 0.15) is 0 Å². The Bertz CT molecular complexity index is 399. The predicted octanol–water partition coefficient (Wildman–Crippen LogP) is 2.57. The average Bonchev–Trinajstić information content (AvgIpc) is 2.85. The third kappa shape index (κ3) is 3.34. The van der Waals surface area contributed by atoms with Crippen molar-refractivity contribution in [1.29, 1.82) is 0 Å². The van der Waals surface area contributed by atoms with Gasteiger partial charge in [-0.3, -0.25) is 4.21 Å². The lowest BCUT2D eigenvalue weighted by Crippen LogP contribution is -2.23. The molecule has 1 N–H and O–H groups in total. The number of anilines is 1. The van der Waals surface area contributed by atoms with Crippen LogP contribution in [0.15, 0.2) is 12.4 Å². The molecule has 0 saturated heterocycles. The molecule has 1 aromatic rings. The Labute approximate surface area is 112 Å². The molecule has 18 heavy (non-hydrogen) atoms. The molecule has 1 aliphatic carbocycles. The molecule has 1 aromatic heterocycles. The third-order valence-electron chi connectivity index (χ3n) is 3.75. The summed E-state index contributed by atoms with van der Waals surface area (Å²) in [4.78, 5) is 4.38. The van der Waals surface area contributed by atoms with Crippen LogP contribution in [0.5, 0.6) is 0 Å². The van der Waals surface area contributed by atoms with Gasteiger partial charge in [0.05, 0.1) is 0 Å². The Morgan fingerprint density at radius 1 is 1.50 bits per heavy atom. The maximum Gasteiger partial charge on any atom is 0.203 e. The van der Waals surface area contributed by atoms with Crippen LogP contribution in [0, 0.1) is 0 Å². The van der Waals surface area contributed by atoms with Crippen molar-refractivity contribution in [1.82, 2.24) is 9.55 Å². The van der Waals surface area contributed by atoms with Crippen LogP contribution in [0.25, 0.3) is 0 Å². The molecular weight excluding hydrogens is 246 g/mol. The van der Waals surface area contributed by atoms with Gasteiger partial charge in [0.2, 0.25) is 5.95 Å². The van der Waals surface area contributed by atoms with Gasteiger partial charge in [-0.1, -0.05) is 19.3 Å². The van der Waals surface area contributed by atoms with E-state index in [4.69, 9.17) is 0 Å². The fourth-order valence-electron chi connectivity index (χ4n) is 2.46. The van der Waals surface area contributed by atoms with Gasteiger partial charge in [-0.2, -0.15) is 0 Å². The van der Waals surface area contributed by atoms with Crippen LogP contribution in [0.4, 0.5) is 5.95 Å². The summed E-state index contributed by atoms with van der Waals surface area (Å²) >= 11 is 0. The van der Waals surface area contributed by atoms with Crippen molar-refractivity contribution in [3.05, 3.63) is 12.4 Å². The molecule has 4 nitrogen and oxygen atoms in total. The first-order valence-corrected chi connectivity index (χ1v) is 8.39. The second-order valence-corrected chi connectivity index (χ2v) is 6.94. The van der Waals surface area contributed by atoms with Crippen molar-refractivity contribution in [2.75, 3.05) is 18.1 Å². The quantitative estimate of drug-likeness (QED) is 0.893. The molecule has 1 fully saturated rings. The Morgan fingerprint density at radius 3 is 2.89 bits per heavy atom. The van der Waals surface area contributed by atoms with E-state index in [-0.39, 0.29) is 5.25 Å². The summed E-state index contributed by atoms with van der Waals surface area (Å²) in [6.07, 6.45) is 12.2. The van der Waals surface area contributed by atoms with Crippen molar-refractivity contribution in [2.24, 2.45) is 0 Å². The van der Waals surface area contributed by atoms with E-state index in [0.717, 1.165) is 5.95 Å². The highest BCUT2D eigenvalue weighted by molar-refractivity contribution is 7.84. The number of hydrogen-bond donors (Lipinski definition) is 1. The normalized spacial score (nSPS) is 20.6. The first kappa shape index (κ1) is 13.6. The van der Waals surface area contributed by atoms with Gasteiger partial charge in [0.15, 0.2) is 0 Å². The summed E-state index contributed by atoms with van der Waals surface area (Å²) in [5.41, 5.74) is 0. The van der Waals surface area contributed by atoms with E-state index in [9.17, 15) is 4.21 Å². The van der Waals surface area contributed by atoms with E-state index in [2.05, 4.69) is 21.1 Å². The number of nitrogens with zero attached hydrogens (tertiary/aromatic N) is 2. The van der Waals surface area contributed by atoms with Crippen LogP contribution in [0.1, 0.15) is 45.1 Å². The lowest BCUT2D eigenvalue weighted by Gasteiger charge is -2.25. The highest BCUT2D eigenvalue weighted by Gasteiger charge is 2.18. The fraction of sp³-hybridized carbons (Fsp3) is 0.769. The van der Waals surface area contributed by atoms with Crippen molar-refractivity contribution in [3.63, 3.8) is 0 Å². The molecule has 1 aliphatic rings. The topological polar surface area (TPSA) is 46.9 Å². The maximum atomic E-state index is 11.3. The predicted molar refractivity (Wildman–Crippen MR) is 76.4 cm³/mol. The molecular formula is C13H23N3OS. The molecule has 0 radical (unpaired) electrons. The number of imidazole rings is 1. The van der Waals surface area contributed by atoms with Crippen LogP contribution < -0.4 is 5.32 Å². The molecule has 2 atom stereocenters. The molecule has 0 bridgehead atoms. The Kier molecular flexibility index (Phi) is 4.80. The average molecular weight is 269 g/mol. The molecule has 0 aliphatic heterocycles. The van der Waals surface area contributed by atoms with E-state index in [1.807, 2.05) is 13.1 Å². The molecule has 0 spiro atoms. The van der Waals surface area contributed by atoms with Crippen molar-refractivity contribution in [2.45, 2.75) is 50.3 Å². The first-order chi connectivity index (χ1) is 8.68. The van der Waals surface area contributed by atoms with Gasteiger partial charge in [-0.05, 0) is 19.8 Å². The van der Waals surface area contributed by atoms with E-state index >= 15 is 0 Å². The fourth-order valence-corrected chi connectivity index (χ4v) is 2.77. The van der Waals surface area contributed by atoms with E-state index in [1.165, 1.54) is 32.1 Å². The number of rotatable bonds is 5. The van der Waals surface area contributed by atoms with E-state index < -0.39 is 10.8 Å². The zero-order valence-corrected chi connectivity index (χ0v) is 12.1. The van der Waals surface area contributed by atoms with Crippen molar-refractivity contribution >= 4 is 16.7 Å². The summed E-state index contributed by atoms with van der Waals surface area (Å²) in [5.74, 6) is 0.930. The second kappa shape index (κ2) is 6.36. The van der Waals surface area contributed by atoms with Gasteiger partial charge in [0, 0.05) is 47.3 Å². The molecule has 0 amide bonds. The van der Waals surface area contributed by atoms with Crippen LogP contribution >= 0.6 is 0 Å². The van der Waals surface area contributed by atoms with Gasteiger partial charge >= 0.3 is 0 Å². The Balaban J connectivity index is 1.96. The molecule has 1 heterocycles. The summed E-state index contributed by atoms with van der Waals surface area (Å²) in [7, 11) is -0.783. The van der Waals surface area contributed by atoms with Crippen LogP contribution in [-0.2, 0) is 10.8 Å². The van der Waals surface area contributed by atoms with Crippen LogP contribution in [0.2, 0.25) is 0 Å². The largest absolute Gasteiger partial charge is 0.354 e. The highest BCUT2D eigenvalue weighted by atomic mass is 32.2. The Morgan fingerprint density at radius 2 is 2.22 bits per heavy atom. The molecule has 0 aromatic carbocycles. The van der Waals surface area contributed by atoms with Gasteiger partial charge < -0.3 is 9.88 Å². The summed E-state index contributed by atoms with van der Waals surface area (Å²) in [6, 6.07) is 0.589.